The maximum absolute atomic E-state index is 11.7. The monoisotopic (exact) mass is 329 g/mol. The van der Waals surface area contributed by atoms with E-state index in [1.807, 2.05) is 24.3 Å². The van der Waals surface area contributed by atoms with E-state index in [0.29, 0.717) is 17.4 Å². The Bertz CT molecular complexity index is 542. The number of nitrogens with one attached hydrogen (secondary N) is 1. The first-order chi connectivity index (χ1) is 10.00. The SMILES string of the molecule is CCCNCC(Cc1ccc(Cl)cc1)C1CCS(=O)(=O)C1. The zero-order chi connectivity index (χ0) is 15.3. The molecule has 1 aromatic rings. The van der Waals surface area contributed by atoms with Crippen LogP contribution in [-0.2, 0) is 16.3 Å². The molecule has 0 spiro atoms. The molecule has 0 aliphatic carbocycles. The molecule has 21 heavy (non-hydrogen) atoms. The number of hydrogen-bond donors (Lipinski definition) is 1. The summed E-state index contributed by atoms with van der Waals surface area (Å²) in [5, 5.41) is 4.19. The summed E-state index contributed by atoms with van der Waals surface area (Å²) in [7, 11) is -2.82. The molecule has 1 heterocycles. The van der Waals surface area contributed by atoms with Crippen LogP contribution in [0.3, 0.4) is 0 Å². The third kappa shape index (κ3) is 5.28. The average molecular weight is 330 g/mol. The Labute approximate surface area is 133 Å². The van der Waals surface area contributed by atoms with E-state index in [0.717, 1.165) is 37.4 Å². The summed E-state index contributed by atoms with van der Waals surface area (Å²) in [6.45, 7) is 4.01. The molecule has 118 valence electrons. The van der Waals surface area contributed by atoms with Crippen molar-refractivity contribution < 1.29 is 8.42 Å². The van der Waals surface area contributed by atoms with Crippen LogP contribution >= 0.6 is 11.6 Å². The van der Waals surface area contributed by atoms with Gasteiger partial charge in [0.15, 0.2) is 9.84 Å². The van der Waals surface area contributed by atoms with Gasteiger partial charge in [-0.2, -0.15) is 0 Å². The van der Waals surface area contributed by atoms with Gasteiger partial charge in [0.2, 0.25) is 0 Å². The molecule has 1 fully saturated rings. The Morgan fingerprint density at radius 2 is 2.05 bits per heavy atom. The Morgan fingerprint density at radius 3 is 2.62 bits per heavy atom. The highest BCUT2D eigenvalue weighted by Crippen LogP contribution is 2.28. The molecule has 0 radical (unpaired) electrons. The third-order valence-corrected chi connectivity index (χ3v) is 6.22. The van der Waals surface area contributed by atoms with E-state index in [1.165, 1.54) is 5.56 Å². The van der Waals surface area contributed by atoms with E-state index < -0.39 is 9.84 Å². The number of hydrogen-bond acceptors (Lipinski definition) is 3. The van der Waals surface area contributed by atoms with Crippen LogP contribution in [0.5, 0.6) is 0 Å². The van der Waals surface area contributed by atoms with Gasteiger partial charge < -0.3 is 5.32 Å². The van der Waals surface area contributed by atoms with Crippen LogP contribution in [-0.4, -0.2) is 33.0 Å². The minimum Gasteiger partial charge on any atom is -0.316 e. The number of rotatable bonds is 7. The Hall–Kier alpha value is -0.580. The molecule has 0 bridgehead atoms. The second kappa shape index (κ2) is 7.61. The molecule has 1 aromatic carbocycles. The lowest BCUT2D eigenvalue weighted by Crippen LogP contribution is -2.31. The van der Waals surface area contributed by atoms with Gasteiger partial charge in [-0.15, -0.1) is 0 Å². The molecule has 1 aliphatic heterocycles. The topological polar surface area (TPSA) is 46.2 Å². The van der Waals surface area contributed by atoms with Gasteiger partial charge in [0.25, 0.3) is 0 Å². The van der Waals surface area contributed by atoms with Gasteiger partial charge in [-0.25, -0.2) is 8.42 Å². The summed E-state index contributed by atoms with van der Waals surface area (Å²) in [6, 6.07) is 7.88. The van der Waals surface area contributed by atoms with E-state index in [4.69, 9.17) is 11.6 Å². The van der Waals surface area contributed by atoms with Crippen molar-refractivity contribution in [1.82, 2.24) is 5.32 Å². The maximum atomic E-state index is 11.7. The number of halogens is 1. The van der Waals surface area contributed by atoms with Crippen molar-refractivity contribution in [2.24, 2.45) is 11.8 Å². The van der Waals surface area contributed by atoms with E-state index >= 15 is 0 Å². The van der Waals surface area contributed by atoms with Crippen LogP contribution in [0.25, 0.3) is 0 Å². The molecular formula is C16H24ClNO2S. The van der Waals surface area contributed by atoms with Crippen molar-refractivity contribution in [3.63, 3.8) is 0 Å². The lowest BCUT2D eigenvalue weighted by atomic mass is 9.86. The van der Waals surface area contributed by atoms with E-state index in [1.54, 1.807) is 0 Å². The van der Waals surface area contributed by atoms with Gasteiger partial charge in [0.05, 0.1) is 11.5 Å². The fourth-order valence-electron chi connectivity index (χ4n) is 2.99. The van der Waals surface area contributed by atoms with Gasteiger partial charge in [-0.3, -0.25) is 0 Å². The molecule has 0 aromatic heterocycles. The molecule has 5 heteroatoms. The second-order valence-corrected chi connectivity index (χ2v) is 8.62. The summed E-state index contributed by atoms with van der Waals surface area (Å²) >= 11 is 5.92. The van der Waals surface area contributed by atoms with Crippen LogP contribution in [0.15, 0.2) is 24.3 Å². The lowest BCUT2D eigenvalue weighted by molar-refractivity contribution is 0.343. The standard InChI is InChI=1S/C16H24ClNO2S/c1-2-8-18-11-15(14-7-9-21(19,20)12-14)10-13-3-5-16(17)6-4-13/h3-6,14-15,18H,2,7-12H2,1H3. The molecule has 2 rings (SSSR count). The predicted octanol–water partition coefficient (Wildman–Crippen LogP) is 2.93. The predicted molar refractivity (Wildman–Crippen MR) is 88.6 cm³/mol. The minimum atomic E-state index is -2.82. The zero-order valence-electron chi connectivity index (χ0n) is 12.5. The summed E-state index contributed by atoms with van der Waals surface area (Å²) in [5.41, 5.74) is 1.23. The Kier molecular flexibility index (Phi) is 6.08. The fraction of sp³-hybridized carbons (Fsp3) is 0.625. The highest BCUT2D eigenvalue weighted by atomic mass is 35.5. The zero-order valence-corrected chi connectivity index (χ0v) is 14.1. The van der Waals surface area contributed by atoms with Gasteiger partial charge in [0.1, 0.15) is 0 Å². The largest absolute Gasteiger partial charge is 0.316 e. The molecule has 1 aliphatic rings. The lowest BCUT2D eigenvalue weighted by Gasteiger charge is -2.23. The van der Waals surface area contributed by atoms with Crippen LogP contribution in [0.4, 0.5) is 0 Å². The van der Waals surface area contributed by atoms with Crippen molar-refractivity contribution in [3.8, 4) is 0 Å². The van der Waals surface area contributed by atoms with Crippen LogP contribution in [0, 0.1) is 11.8 Å². The van der Waals surface area contributed by atoms with Gasteiger partial charge in [-0.05, 0) is 61.9 Å². The minimum absolute atomic E-state index is 0.273. The van der Waals surface area contributed by atoms with Crippen molar-refractivity contribution in [3.05, 3.63) is 34.9 Å². The van der Waals surface area contributed by atoms with Gasteiger partial charge >= 0.3 is 0 Å². The van der Waals surface area contributed by atoms with Crippen molar-refractivity contribution >= 4 is 21.4 Å². The molecule has 2 unspecified atom stereocenters. The summed E-state index contributed by atoms with van der Waals surface area (Å²) < 4.78 is 23.5. The molecule has 2 atom stereocenters. The van der Waals surface area contributed by atoms with Gasteiger partial charge in [-0.1, -0.05) is 30.7 Å². The molecule has 1 saturated heterocycles. The summed E-state index contributed by atoms with van der Waals surface area (Å²) in [6.07, 6.45) is 2.80. The smallest absolute Gasteiger partial charge is 0.150 e. The molecular weight excluding hydrogens is 306 g/mol. The molecule has 1 N–H and O–H groups in total. The summed E-state index contributed by atoms with van der Waals surface area (Å²) in [4.78, 5) is 0. The maximum Gasteiger partial charge on any atom is 0.150 e. The first-order valence-electron chi connectivity index (χ1n) is 7.66. The molecule has 3 nitrogen and oxygen atoms in total. The van der Waals surface area contributed by atoms with Crippen LogP contribution in [0.1, 0.15) is 25.3 Å². The third-order valence-electron chi connectivity index (χ3n) is 4.18. The van der Waals surface area contributed by atoms with Gasteiger partial charge in [0, 0.05) is 5.02 Å². The number of sulfone groups is 1. The van der Waals surface area contributed by atoms with Crippen molar-refractivity contribution in [1.29, 1.82) is 0 Å². The summed E-state index contributed by atoms with van der Waals surface area (Å²) in [5.74, 6) is 1.34. The quantitative estimate of drug-likeness (QED) is 0.782. The number of benzene rings is 1. The van der Waals surface area contributed by atoms with Crippen LogP contribution < -0.4 is 5.32 Å². The normalized spacial score (nSPS) is 22.3. The van der Waals surface area contributed by atoms with Crippen molar-refractivity contribution in [2.45, 2.75) is 26.2 Å². The highest BCUT2D eigenvalue weighted by molar-refractivity contribution is 7.91. The first-order valence-corrected chi connectivity index (χ1v) is 9.85. The molecule has 0 saturated carbocycles. The first kappa shape index (κ1) is 16.8. The fourth-order valence-corrected chi connectivity index (χ4v) is 5.03. The molecule has 0 amide bonds. The van der Waals surface area contributed by atoms with Crippen molar-refractivity contribution in [2.75, 3.05) is 24.6 Å². The average Bonchev–Trinajstić information content (AvgIpc) is 2.80. The Morgan fingerprint density at radius 1 is 1.33 bits per heavy atom. The second-order valence-electron chi connectivity index (χ2n) is 5.96. The van der Waals surface area contributed by atoms with Crippen LogP contribution in [0.2, 0.25) is 5.02 Å². The Balaban J connectivity index is 2.03. The van der Waals surface area contributed by atoms with E-state index in [2.05, 4.69) is 12.2 Å². The van der Waals surface area contributed by atoms with E-state index in [-0.39, 0.29) is 5.92 Å². The van der Waals surface area contributed by atoms with E-state index in [9.17, 15) is 8.42 Å². The highest BCUT2D eigenvalue weighted by Gasteiger charge is 2.33.